The van der Waals surface area contributed by atoms with E-state index in [1.54, 1.807) is 6.92 Å². The van der Waals surface area contributed by atoms with E-state index in [4.69, 9.17) is 14.0 Å². The zero-order valence-electron chi connectivity index (χ0n) is 11.7. The van der Waals surface area contributed by atoms with Crippen molar-refractivity contribution in [3.63, 3.8) is 0 Å². The Morgan fingerprint density at radius 3 is 2.18 bits per heavy atom. The van der Waals surface area contributed by atoms with Crippen LogP contribution in [0.5, 0.6) is 11.5 Å². The van der Waals surface area contributed by atoms with Crippen LogP contribution in [-0.2, 0) is 14.9 Å². The molecule has 0 saturated heterocycles. The minimum atomic E-state index is -4.00. The monoisotopic (exact) mass is 322 g/mol. The van der Waals surface area contributed by atoms with Crippen LogP contribution in [0.2, 0.25) is 0 Å². The Balaban J connectivity index is 2.16. The lowest BCUT2D eigenvalue weighted by Crippen LogP contribution is -2.10. The van der Waals surface area contributed by atoms with Gasteiger partial charge in [0, 0.05) is 0 Å². The summed E-state index contributed by atoms with van der Waals surface area (Å²) in [6, 6.07) is 10.5. The number of benzene rings is 2. The molecule has 0 spiro atoms. The second-order valence-electron chi connectivity index (χ2n) is 4.28. The molecule has 1 N–H and O–H groups in total. The van der Waals surface area contributed by atoms with E-state index in [1.165, 1.54) is 48.5 Å². The average molecular weight is 322 g/mol. The molecule has 2 rings (SSSR count). The van der Waals surface area contributed by atoms with E-state index >= 15 is 0 Å². The number of phenols is 1. The SMILES string of the molecule is CCOC(=O)c1ccc(OS(=O)(=O)c2ccc(O)cc2)cc1. The molecule has 0 radical (unpaired) electrons. The van der Waals surface area contributed by atoms with Crippen LogP contribution in [0.4, 0.5) is 0 Å². The van der Waals surface area contributed by atoms with E-state index in [9.17, 15) is 13.2 Å². The molecule has 0 amide bonds. The molecule has 0 bridgehead atoms. The summed E-state index contributed by atoms with van der Waals surface area (Å²) in [5.74, 6) is -0.464. The molecule has 0 unspecified atom stereocenters. The van der Waals surface area contributed by atoms with Crippen LogP contribution in [0.25, 0.3) is 0 Å². The summed E-state index contributed by atoms with van der Waals surface area (Å²) in [6.45, 7) is 1.95. The molecule has 2 aromatic carbocycles. The molecule has 0 heterocycles. The van der Waals surface area contributed by atoms with Crippen LogP contribution in [0.15, 0.2) is 53.4 Å². The molecular weight excluding hydrogens is 308 g/mol. The van der Waals surface area contributed by atoms with E-state index < -0.39 is 16.1 Å². The van der Waals surface area contributed by atoms with Gasteiger partial charge in [0.15, 0.2) is 0 Å². The van der Waals surface area contributed by atoms with E-state index in [0.29, 0.717) is 5.56 Å². The molecular formula is C15H14O6S. The first kappa shape index (κ1) is 15.8. The van der Waals surface area contributed by atoms with Crippen molar-refractivity contribution in [3.05, 3.63) is 54.1 Å². The highest BCUT2D eigenvalue weighted by Crippen LogP contribution is 2.21. The van der Waals surface area contributed by atoms with Gasteiger partial charge in [-0.1, -0.05) is 0 Å². The first-order valence-electron chi connectivity index (χ1n) is 6.43. The van der Waals surface area contributed by atoms with Gasteiger partial charge in [-0.2, -0.15) is 8.42 Å². The van der Waals surface area contributed by atoms with Crippen molar-refractivity contribution in [2.75, 3.05) is 6.61 Å². The third-order valence-corrected chi connectivity index (χ3v) is 3.96. The van der Waals surface area contributed by atoms with Crippen molar-refractivity contribution in [3.8, 4) is 11.5 Å². The van der Waals surface area contributed by atoms with Crippen LogP contribution in [-0.4, -0.2) is 26.1 Å². The summed E-state index contributed by atoms with van der Waals surface area (Å²) in [7, 11) is -4.00. The molecule has 116 valence electrons. The smallest absolute Gasteiger partial charge is 0.339 e. The van der Waals surface area contributed by atoms with Crippen molar-refractivity contribution in [1.29, 1.82) is 0 Å². The van der Waals surface area contributed by atoms with Crippen LogP contribution >= 0.6 is 0 Å². The second-order valence-corrected chi connectivity index (χ2v) is 5.82. The number of aromatic hydroxyl groups is 1. The van der Waals surface area contributed by atoms with Gasteiger partial charge in [-0.05, 0) is 55.5 Å². The molecule has 22 heavy (non-hydrogen) atoms. The molecule has 0 aliphatic rings. The summed E-state index contributed by atoms with van der Waals surface area (Å²) >= 11 is 0. The number of esters is 1. The number of phenolic OH excluding ortho intramolecular Hbond substituents is 1. The van der Waals surface area contributed by atoms with Crippen molar-refractivity contribution < 1.29 is 27.2 Å². The maximum Gasteiger partial charge on any atom is 0.339 e. The number of rotatable bonds is 5. The van der Waals surface area contributed by atoms with E-state index in [2.05, 4.69) is 0 Å². The van der Waals surface area contributed by atoms with Gasteiger partial charge in [0.1, 0.15) is 16.4 Å². The summed E-state index contributed by atoms with van der Waals surface area (Å²) in [6.07, 6.45) is 0. The van der Waals surface area contributed by atoms with Gasteiger partial charge in [-0.3, -0.25) is 0 Å². The summed E-state index contributed by atoms with van der Waals surface area (Å²) in [5, 5.41) is 9.16. The number of carbonyl (C=O) groups is 1. The average Bonchev–Trinajstić information content (AvgIpc) is 2.48. The number of hydrogen-bond acceptors (Lipinski definition) is 6. The maximum absolute atomic E-state index is 12.0. The fourth-order valence-electron chi connectivity index (χ4n) is 1.65. The van der Waals surface area contributed by atoms with E-state index in [-0.39, 0.29) is 23.0 Å². The van der Waals surface area contributed by atoms with Crippen molar-refractivity contribution in [1.82, 2.24) is 0 Å². The van der Waals surface area contributed by atoms with Crippen molar-refractivity contribution in [2.24, 2.45) is 0 Å². The lowest BCUT2D eigenvalue weighted by Gasteiger charge is -2.08. The molecule has 0 aliphatic carbocycles. The van der Waals surface area contributed by atoms with Crippen LogP contribution in [0, 0.1) is 0 Å². The highest BCUT2D eigenvalue weighted by molar-refractivity contribution is 7.87. The molecule has 0 saturated carbocycles. The first-order valence-corrected chi connectivity index (χ1v) is 7.84. The first-order chi connectivity index (χ1) is 10.4. The highest BCUT2D eigenvalue weighted by atomic mass is 32.2. The fourth-order valence-corrected chi connectivity index (χ4v) is 2.58. The molecule has 7 heteroatoms. The lowest BCUT2D eigenvalue weighted by atomic mass is 10.2. The summed E-state index contributed by atoms with van der Waals surface area (Å²) in [5.41, 5.74) is 0.302. The quantitative estimate of drug-likeness (QED) is 0.671. The highest BCUT2D eigenvalue weighted by Gasteiger charge is 2.17. The predicted molar refractivity (Wildman–Crippen MR) is 78.3 cm³/mol. The molecule has 0 fully saturated rings. The Morgan fingerprint density at radius 2 is 1.64 bits per heavy atom. The fraction of sp³-hybridized carbons (Fsp3) is 0.133. The Morgan fingerprint density at radius 1 is 1.05 bits per heavy atom. The normalized spacial score (nSPS) is 11.0. The van der Waals surface area contributed by atoms with Gasteiger partial charge >= 0.3 is 16.1 Å². The van der Waals surface area contributed by atoms with E-state index in [1.807, 2.05) is 0 Å². The molecule has 0 atom stereocenters. The zero-order chi connectivity index (χ0) is 16.2. The summed E-state index contributed by atoms with van der Waals surface area (Å²) in [4.78, 5) is 11.4. The van der Waals surface area contributed by atoms with Crippen LogP contribution in [0.1, 0.15) is 17.3 Å². The maximum atomic E-state index is 12.0. The third kappa shape index (κ3) is 3.76. The Hall–Kier alpha value is -2.54. The zero-order valence-corrected chi connectivity index (χ0v) is 12.5. The van der Waals surface area contributed by atoms with Crippen LogP contribution in [0.3, 0.4) is 0 Å². The van der Waals surface area contributed by atoms with Gasteiger partial charge in [0.2, 0.25) is 0 Å². The molecule has 0 aliphatic heterocycles. The summed E-state index contributed by atoms with van der Waals surface area (Å²) < 4.78 is 33.9. The Bertz CT molecular complexity index is 748. The Labute approximate surface area is 128 Å². The standard InChI is InChI=1S/C15H14O6S/c1-2-20-15(17)11-3-7-13(8-4-11)21-22(18,19)14-9-5-12(16)6-10-14/h3-10,16H,2H2,1H3. The lowest BCUT2D eigenvalue weighted by molar-refractivity contribution is 0.0526. The number of hydrogen-bond donors (Lipinski definition) is 1. The minimum Gasteiger partial charge on any atom is -0.508 e. The van der Waals surface area contributed by atoms with Crippen molar-refractivity contribution in [2.45, 2.75) is 11.8 Å². The van der Waals surface area contributed by atoms with E-state index in [0.717, 1.165) is 0 Å². The van der Waals surface area contributed by atoms with Gasteiger partial charge in [0.05, 0.1) is 12.2 Å². The second kappa shape index (κ2) is 6.48. The molecule has 6 nitrogen and oxygen atoms in total. The van der Waals surface area contributed by atoms with Gasteiger partial charge < -0.3 is 14.0 Å². The topological polar surface area (TPSA) is 89.9 Å². The number of carbonyl (C=O) groups excluding carboxylic acids is 1. The van der Waals surface area contributed by atoms with Gasteiger partial charge in [-0.15, -0.1) is 0 Å². The van der Waals surface area contributed by atoms with Crippen LogP contribution < -0.4 is 4.18 Å². The van der Waals surface area contributed by atoms with Gasteiger partial charge in [-0.25, -0.2) is 4.79 Å². The third-order valence-electron chi connectivity index (χ3n) is 2.70. The van der Waals surface area contributed by atoms with Crippen molar-refractivity contribution >= 4 is 16.1 Å². The predicted octanol–water partition coefficient (Wildman–Crippen LogP) is 2.34. The minimum absolute atomic E-state index is 0.0438. The molecule has 0 aromatic heterocycles. The van der Waals surface area contributed by atoms with Gasteiger partial charge in [0.25, 0.3) is 0 Å². The number of ether oxygens (including phenoxy) is 1. The Kier molecular flexibility index (Phi) is 4.67. The molecule has 2 aromatic rings. The largest absolute Gasteiger partial charge is 0.508 e.